The molecule has 1 amide bonds. The van der Waals surface area contributed by atoms with Gasteiger partial charge in [0.15, 0.2) is 11.6 Å². The number of likely N-dealkylation sites (tertiary alicyclic amines) is 2. The molecule has 0 bridgehead atoms. The summed E-state index contributed by atoms with van der Waals surface area (Å²) >= 11 is 0. The van der Waals surface area contributed by atoms with Crippen LogP contribution in [-0.2, 0) is 11.3 Å². The van der Waals surface area contributed by atoms with Gasteiger partial charge in [-0.1, -0.05) is 12.1 Å². The lowest BCUT2D eigenvalue weighted by atomic mass is 9.94. The third-order valence-electron chi connectivity index (χ3n) is 5.03. The predicted molar refractivity (Wildman–Crippen MR) is 84.8 cm³/mol. The lowest BCUT2D eigenvalue weighted by Crippen LogP contribution is -2.44. The van der Waals surface area contributed by atoms with Crippen LogP contribution in [0.3, 0.4) is 0 Å². The zero-order chi connectivity index (χ0) is 16.2. The van der Waals surface area contributed by atoms with Gasteiger partial charge >= 0.3 is 0 Å². The Morgan fingerprint density at radius 1 is 1.04 bits per heavy atom. The van der Waals surface area contributed by atoms with Crippen LogP contribution in [0.5, 0.6) is 0 Å². The zero-order valence-corrected chi connectivity index (χ0v) is 13.4. The predicted octanol–water partition coefficient (Wildman–Crippen LogP) is 3.19. The Morgan fingerprint density at radius 3 is 2.43 bits per heavy atom. The number of halogens is 2. The van der Waals surface area contributed by atoms with E-state index in [2.05, 4.69) is 4.90 Å². The van der Waals surface area contributed by atoms with Crippen LogP contribution >= 0.6 is 0 Å². The van der Waals surface area contributed by atoms with Crippen molar-refractivity contribution >= 4 is 5.91 Å². The van der Waals surface area contributed by atoms with E-state index in [9.17, 15) is 13.6 Å². The van der Waals surface area contributed by atoms with E-state index in [-0.39, 0.29) is 5.92 Å². The molecule has 0 atom stereocenters. The summed E-state index contributed by atoms with van der Waals surface area (Å²) in [5, 5.41) is 0. The number of nitrogens with zero attached hydrogens (tertiary/aromatic N) is 2. The molecule has 5 heteroatoms. The average molecular weight is 322 g/mol. The van der Waals surface area contributed by atoms with E-state index >= 15 is 0 Å². The summed E-state index contributed by atoms with van der Waals surface area (Å²) in [6, 6.07) is 4.31. The summed E-state index contributed by atoms with van der Waals surface area (Å²) in [5.74, 6) is -1.15. The van der Waals surface area contributed by atoms with Gasteiger partial charge in [-0.05, 0) is 51.3 Å². The molecular weight excluding hydrogens is 298 g/mol. The second kappa shape index (κ2) is 7.39. The molecule has 0 aromatic heterocycles. The van der Waals surface area contributed by atoms with Crippen molar-refractivity contribution in [3.05, 3.63) is 35.4 Å². The number of rotatable bonds is 3. The van der Waals surface area contributed by atoms with Gasteiger partial charge in [-0.25, -0.2) is 8.78 Å². The van der Waals surface area contributed by atoms with Crippen LogP contribution < -0.4 is 0 Å². The average Bonchev–Trinajstić information content (AvgIpc) is 2.60. The molecule has 0 unspecified atom stereocenters. The zero-order valence-electron chi connectivity index (χ0n) is 13.4. The van der Waals surface area contributed by atoms with E-state index in [1.165, 1.54) is 6.42 Å². The van der Waals surface area contributed by atoms with Crippen LogP contribution in [0.4, 0.5) is 8.78 Å². The maximum Gasteiger partial charge on any atom is 0.225 e. The van der Waals surface area contributed by atoms with Gasteiger partial charge in [-0.3, -0.25) is 9.69 Å². The molecule has 126 valence electrons. The highest BCUT2D eigenvalue weighted by atomic mass is 19.2. The molecule has 0 N–H and O–H groups in total. The van der Waals surface area contributed by atoms with Crippen LogP contribution in [0.15, 0.2) is 18.2 Å². The summed E-state index contributed by atoms with van der Waals surface area (Å²) in [5.41, 5.74) is 0.394. The van der Waals surface area contributed by atoms with E-state index in [1.807, 2.05) is 4.90 Å². The van der Waals surface area contributed by atoms with Gasteiger partial charge in [0.2, 0.25) is 5.91 Å². The van der Waals surface area contributed by atoms with Gasteiger partial charge < -0.3 is 4.90 Å². The fourth-order valence-corrected chi connectivity index (χ4v) is 3.62. The van der Waals surface area contributed by atoms with Gasteiger partial charge in [0, 0.05) is 31.1 Å². The molecule has 2 fully saturated rings. The number of carbonyl (C=O) groups excluding carboxylic acids is 1. The maximum atomic E-state index is 13.7. The normalized spacial score (nSPS) is 20.7. The molecular formula is C18H24F2N2O. The van der Waals surface area contributed by atoms with Crippen molar-refractivity contribution in [2.45, 2.75) is 38.6 Å². The standard InChI is InChI=1S/C18H24F2N2O/c19-16-6-4-5-15(17(16)20)13-21-11-7-14(8-12-21)18(23)22-9-2-1-3-10-22/h4-6,14H,1-3,7-13H2. The van der Waals surface area contributed by atoms with Crippen LogP contribution in [-0.4, -0.2) is 41.9 Å². The Labute approximate surface area is 136 Å². The van der Waals surface area contributed by atoms with Gasteiger partial charge in [0.1, 0.15) is 0 Å². The SMILES string of the molecule is O=C(C1CCN(Cc2cccc(F)c2F)CC1)N1CCCCC1. The smallest absolute Gasteiger partial charge is 0.225 e. The second-order valence-electron chi connectivity index (χ2n) is 6.65. The Bertz CT molecular complexity index is 550. The lowest BCUT2D eigenvalue weighted by molar-refractivity contribution is -0.138. The molecule has 3 nitrogen and oxygen atoms in total. The highest BCUT2D eigenvalue weighted by molar-refractivity contribution is 5.79. The van der Waals surface area contributed by atoms with Gasteiger partial charge in [-0.15, -0.1) is 0 Å². The molecule has 0 spiro atoms. The summed E-state index contributed by atoms with van der Waals surface area (Å²) in [6.07, 6.45) is 5.08. The lowest BCUT2D eigenvalue weighted by Gasteiger charge is -2.35. The third-order valence-corrected chi connectivity index (χ3v) is 5.03. The third kappa shape index (κ3) is 3.89. The molecule has 1 aromatic carbocycles. The quantitative estimate of drug-likeness (QED) is 0.853. The van der Waals surface area contributed by atoms with Crippen LogP contribution in [0.25, 0.3) is 0 Å². The van der Waals surface area contributed by atoms with E-state index in [0.717, 1.165) is 57.9 Å². The van der Waals surface area contributed by atoms with Gasteiger partial charge in [0.25, 0.3) is 0 Å². The van der Waals surface area contributed by atoms with Crippen molar-refractivity contribution < 1.29 is 13.6 Å². The van der Waals surface area contributed by atoms with E-state index < -0.39 is 11.6 Å². The molecule has 2 saturated heterocycles. The Hall–Kier alpha value is -1.49. The highest BCUT2D eigenvalue weighted by Crippen LogP contribution is 2.23. The number of hydrogen-bond donors (Lipinski definition) is 0. The summed E-state index contributed by atoms with van der Waals surface area (Å²) in [7, 11) is 0. The summed E-state index contributed by atoms with van der Waals surface area (Å²) in [4.78, 5) is 16.6. The van der Waals surface area contributed by atoms with Crippen molar-refractivity contribution in [3.63, 3.8) is 0 Å². The van der Waals surface area contributed by atoms with Crippen LogP contribution in [0, 0.1) is 17.6 Å². The van der Waals surface area contributed by atoms with Crippen molar-refractivity contribution in [1.29, 1.82) is 0 Å². The largest absolute Gasteiger partial charge is 0.342 e. The Kier molecular flexibility index (Phi) is 5.26. The highest BCUT2D eigenvalue weighted by Gasteiger charge is 2.29. The van der Waals surface area contributed by atoms with Crippen LogP contribution in [0.1, 0.15) is 37.7 Å². The Morgan fingerprint density at radius 2 is 1.74 bits per heavy atom. The first-order valence-corrected chi connectivity index (χ1v) is 8.59. The molecule has 2 aliphatic heterocycles. The maximum absolute atomic E-state index is 13.7. The summed E-state index contributed by atoms with van der Waals surface area (Å²) in [6.45, 7) is 3.73. The minimum absolute atomic E-state index is 0.0988. The first kappa shape index (κ1) is 16.4. The van der Waals surface area contributed by atoms with E-state index in [4.69, 9.17) is 0 Å². The first-order valence-electron chi connectivity index (χ1n) is 8.59. The number of carbonyl (C=O) groups is 1. The van der Waals surface area contributed by atoms with Crippen LogP contribution in [0.2, 0.25) is 0 Å². The molecule has 2 aliphatic rings. The minimum atomic E-state index is -0.794. The number of piperidine rings is 2. The van der Waals surface area contributed by atoms with E-state index in [0.29, 0.717) is 18.0 Å². The number of amides is 1. The monoisotopic (exact) mass is 322 g/mol. The first-order chi connectivity index (χ1) is 11.1. The van der Waals surface area contributed by atoms with Crippen molar-refractivity contribution in [2.75, 3.05) is 26.2 Å². The topological polar surface area (TPSA) is 23.6 Å². The number of benzene rings is 1. The molecule has 2 heterocycles. The van der Waals surface area contributed by atoms with E-state index in [1.54, 1.807) is 12.1 Å². The fourth-order valence-electron chi connectivity index (χ4n) is 3.62. The fraction of sp³-hybridized carbons (Fsp3) is 0.611. The van der Waals surface area contributed by atoms with Gasteiger partial charge in [0.05, 0.1) is 0 Å². The molecule has 0 aliphatic carbocycles. The molecule has 3 rings (SSSR count). The second-order valence-corrected chi connectivity index (χ2v) is 6.65. The molecule has 0 radical (unpaired) electrons. The van der Waals surface area contributed by atoms with Crippen molar-refractivity contribution in [1.82, 2.24) is 9.80 Å². The minimum Gasteiger partial charge on any atom is -0.342 e. The van der Waals surface area contributed by atoms with Crippen molar-refractivity contribution in [3.8, 4) is 0 Å². The number of hydrogen-bond acceptors (Lipinski definition) is 2. The molecule has 1 aromatic rings. The van der Waals surface area contributed by atoms with Crippen molar-refractivity contribution in [2.24, 2.45) is 5.92 Å². The molecule has 23 heavy (non-hydrogen) atoms. The molecule has 0 saturated carbocycles. The summed E-state index contributed by atoms with van der Waals surface area (Å²) < 4.78 is 27.0. The Balaban J connectivity index is 1.52. The van der Waals surface area contributed by atoms with Gasteiger partial charge in [-0.2, -0.15) is 0 Å².